The van der Waals surface area contributed by atoms with Gasteiger partial charge in [0.05, 0.1) is 0 Å². The molecule has 0 N–H and O–H groups in total. The van der Waals surface area contributed by atoms with Crippen LogP contribution in [0.5, 0.6) is 0 Å². The minimum atomic E-state index is 0.368. The summed E-state index contributed by atoms with van der Waals surface area (Å²) < 4.78 is 1.95. The number of halogens is 1. The van der Waals surface area contributed by atoms with E-state index in [0.29, 0.717) is 27.4 Å². The average Bonchev–Trinajstić information content (AvgIpc) is 2.99. The molecule has 0 unspecified atom stereocenters. The smallest absolute Gasteiger partial charge is 0.198 e. The number of nitriles is 1. The molecule has 0 atom stereocenters. The van der Waals surface area contributed by atoms with Crippen LogP contribution in [-0.4, -0.2) is 19.7 Å². The van der Waals surface area contributed by atoms with Gasteiger partial charge in [0.2, 0.25) is 0 Å². The molecule has 3 aromatic rings. The summed E-state index contributed by atoms with van der Waals surface area (Å²) in [7, 11) is 0. The molecule has 24 heavy (non-hydrogen) atoms. The van der Waals surface area contributed by atoms with Gasteiger partial charge in [0.25, 0.3) is 0 Å². The summed E-state index contributed by atoms with van der Waals surface area (Å²) in [4.78, 5) is 4.26. The number of hydrogen-bond acceptors (Lipinski definition) is 5. The van der Waals surface area contributed by atoms with Gasteiger partial charge in [0, 0.05) is 17.1 Å². The Bertz CT molecular complexity index is 911. The van der Waals surface area contributed by atoms with Crippen molar-refractivity contribution in [1.82, 2.24) is 19.7 Å². The summed E-state index contributed by atoms with van der Waals surface area (Å²) in [5.41, 5.74) is 1.28. The van der Waals surface area contributed by atoms with Gasteiger partial charge < -0.3 is 0 Å². The largest absolute Gasteiger partial charge is 0.298 e. The Balaban J connectivity index is 1.98. The van der Waals surface area contributed by atoms with Crippen molar-refractivity contribution in [2.75, 3.05) is 0 Å². The van der Waals surface area contributed by atoms with Crippen molar-refractivity contribution in [1.29, 1.82) is 5.26 Å². The molecule has 0 saturated carbocycles. The topological polar surface area (TPSA) is 67.4 Å². The molecular weight excluding hydrogens is 342 g/mol. The molecule has 2 aromatic heterocycles. The molecular formula is C17H12ClN5S. The number of benzene rings is 1. The van der Waals surface area contributed by atoms with Gasteiger partial charge in [0.1, 0.15) is 16.8 Å². The summed E-state index contributed by atoms with van der Waals surface area (Å²) in [5, 5.41) is 19.5. The lowest BCUT2D eigenvalue weighted by Gasteiger charge is -2.07. The number of pyridine rings is 1. The molecule has 0 radical (unpaired) electrons. The van der Waals surface area contributed by atoms with Crippen molar-refractivity contribution in [2.24, 2.45) is 0 Å². The second kappa shape index (κ2) is 7.30. The van der Waals surface area contributed by atoms with E-state index in [4.69, 9.17) is 16.9 Å². The molecule has 0 amide bonds. The summed E-state index contributed by atoms with van der Waals surface area (Å²) in [6, 6.07) is 14.7. The minimum absolute atomic E-state index is 0.368. The predicted molar refractivity (Wildman–Crippen MR) is 93.7 cm³/mol. The zero-order valence-electron chi connectivity index (χ0n) is 12.6. The Labute approximate surface area is 148 Å². The fourth-order valence-corrected chi connectivity index (χ4v) is 3.05. The van der Waals surface area contributed by atoms with E-state index >= 15 is 0 Å². The molecule has 0 spiro atoms. The molecule has 0 saturated heterocycles. The lowest BCUT2D eigenvalue weighted by molar-refractivity contribution is 0.730. The van der Waals surface area contributed by atoms with Gasteiger partial charge in [-0.2, -0.15) is 5.26 Å². The summed E-state index contributed by atoms with van der Waals surface area (Å²) >= 11 is 7.30. The Hall–Kier alpha value is -2.62. The van der Waals surface area contributed by atoms with Crippen LogP contribution in [-0.2, 0) is 6.54 Å². The van der Waals surface area contributed by atoms with Gasteiger partial charge in [-0.25, -0.2) is 4.98 Å². The Morgan fingerprint density at radius 1 is 1.21 bits per heavy atom. The van der Waals surface area contributed by atoms with E-state index < -0.39 is 0 Å². The average molecular weight is 354 g/mol. The maximum atomic E-state index is 8.96. The molecule has 0 bridgehead atoms. The van der Waals surface area contributed by atoms with Crippen LogP contribution in [0.15, 0.2) is 65.3 Å². The van der Waals surface area contributed by atoms with Gasteiger partial charge in [-0.15, -0.1) is 16.8 Å². The zero-order valence-corrected chi connectivity index (χ0v) is 14.1. The van der Waals surface area contributed by atoms with Gasteiger partial charge in [-0.3, -0.25) is 4.57 Å². The molecule has 0 aliphatic carbocycles. The number of aromatic nitrogens is 4. The van der Waals surface area contributed by atoms with E-state index in [-0.39, 0.29) is 0 Å². The van der Waals surface area contributed by atoms with Crippen molar-refractivity contribution in [2.45, 2.75) is 16.7 Å². The van der Waals surface area contributed by atoms with E-state index in [2.05, 4.69) is 21.8 Å². The summed E-state index contributed by atoms with van der Waals surface area (Å²) in [6.07, 6.45) is 1.78. The first kappa shape index (κ1) is 16.2. The van der Waals surface area contributed by atoms with E-state index in [1.807, 2.05) is 41.0 Å². The SMILES string of the molecule is C=CCn1c(Sc2cccc(C#N)n2)nnc1-c1ccc(Cl)cc1. The Kier molecular flexibility index (Phi) is 4.94. The highest BCUT2D eigenvalue weighted by Gasteiger charge is 2.15. The lowest BCUT2D eigenvalue weighted by atomic mass is 10.2. The zero-order chi connectivity index (χ0) is 16.9. The quantitative estimate of drug-likeness (QED) is 0.643. The first-order chi connectivity index (χ1) is 11.7. The van der Waals surface area contributed by atoms with Crippen LogP contribution < -0.4 is 0 Å². The van der Waals surface area contributed by atoms with E-state index in [1.165, 1.54) is 11.8 Å². The van der Waals surface area contributed by atoms with Gasteiger partial charge in [-0.1, -0.05) is 23.7 Å². The van der Waals surface area contributed by atoms with Crippen LogP contribution in [0.25, 0.3) is 11.4 Å². The van der Waals surface area contributed by atoms with Crippen LogP contribution in [0.3, 0.4) is 0 Å². The highest BCUT2D eigenvalue weighted by atomic mass is 35.5. The molecule has 0 aliphatic heterocycles. The van der Waals surface area contributed by atoms with Crippen LogP contribution >= 0.6 is 23.4 Å². The highest BCUT2D eigenvalue weighted by Crippen LogP contribution is 2.29. The number of nitrogens with zero attached hydrogens (tertiary/aromatic N) is 5. The van der Waals surface area contributed by atoms with Crippen molar-refractivity contribution in [3.63, 3.8) is 0 Å². The standard InChI is InChI=1S/C17H12ClN5S/c1-2-10-23-16(12-6-8-13(18)9-7-12)21-22-17(23)24-15-5-3-4-14(11-19)20-15/h2-9H,1,10H2. The van der Waals surface area contributed by atoms with Gasteiger partial charge >= 0.3 is 0 Å². The fourth-order valence-electron chi connectivity index (χ4n) is 2.10. The third-order valence-electron chi connectivity index (χ3n) is 3.16. The molecule has 1 aromatic carbocycles. The first-order valence-corrected chi connectivity index (χ1v) is 8.26. The lowest BCUT2D eigenvalue weighted by Crippen LogP contribution is -2.00. The third-order valence-corrected chi connectivity index (χ3v) is 4.34. The number of allylic oxidation sites excluding steroid dienone is 1. The van der Waals surface area contributed by atoms with Gasteiger partial charge in [-0.05, 0) is 48.2 Å². The predicted octanol–water partition coefficient (Wildman–Crippen LogP) is 4.20. The molecule has 0 aliphatic rings. The Morgan fingerprint density at radius 2 is 2.00 bits per heavy atom. The first-order valence-electron chi connectivity index (χ1n) is 7.06. The maximum Gasteiger partial charge on any atom is 0.198 e. The minimum Gasteiger partial charge on any atom is -0.298 e. The summed E-state index contributed by atoms with van der Waals surface area (Å²) in [5.74, 6) is 0.727. The fraction of sp³-hybridized carbons (Fsp3) is 0.0588. The van der Waals surface area contributed by atoms with E-state index in [9.17, 15) is 0 Å². The molecule has 2 heterocycles. The van der Waals surface area contributed by atoms with Crippen molar-refractivity contribution < 1.29 is 0 Å². The molecule has 118 valence electrons. The van der Waals surface area contributed by atoms with Crippen molar-refractivity contribution in [3.8, 4) is 17.5 Å². The van der Waals surface area contributed by atoms with Crippen LogP contribution in [0.4, 0.5) is 0 Å². The number of hydrogen-bond donors (Lipinski definition) is 0. The van der Waals surface area contributed by atoms with Gasteiger partial charge in [0.15, 0.2) is 11.0 Å². The van der Waals surface area contributed by atoms with Crippen LogP contribution in [0.2, 0.25) is 5.02 Å². The number of rotatable bonds is 5. The van der Waals surface area contributed by atoms with Crippen molar-refractivity contribution in [3.05, 3.63) is 65.8 Å². The monoisotopic (exact) mass is 353 g/mol. The second-order valence-corrected chi connectivity index (χ2v) is 6.21. The van der Waals surface area contributed by atoms with Crippen LogP contribution in [0, 0.1) is 11.3 Å². The van der Waals surface area contributed by atoms with Crippen molar-refractivity contribution >= 4 is 23.4 Å². The summed E-state index contributed by atoms with van der Waals surface area (Å²) in [6.45, 7) is 4.36. The highest BCUT2D eigenvalue weighted by molar-refractivity contribution is 7.99. The maximum absolute atomic E-state index is 8.96. The van der Waals surface area contributed by atoms with E-state index in [0.717, 1.165) is 11.4 Å². The van der Waals surface area contributed by atoms with E-state index in [1.54, 1.807) is 18.2 Å². The third kappa shape index (κ3) is 3.48. The normalized spacial score (nSPS) is 10.3. The Morgan fingerprint density at radius 3 is 2.71 bits per heavy atom. The molecule has 3 rings (SSSR count). The molecule has 5 nitrogen and oxygen atoms in total. The second-order valence-electron chi connectivity index (χ2n) is 4.79. The van der Waals surface area contributed by atoms with Crippen LogP contribution in [0.1, 0.15) is 5.69 Å². The molecule has 0 fully saturated rings. The molecule has 7 heteroatoms.